The highest BCUT2D eigenvalue weighted by atomic mass is 19.4. The maximum Gasteiger partial charge on any atom is 0.449 e. The Morgan fingerprint density at radius 1 is 1.31 bits per heavy atom. The number of rotatable bonds is 1. The van der Waals surface area contributed by atoms with Gasteiger partial charge < -0.3 is 4.57 Å². The van der Waals surface area contributed by atoms with E-state index in [0.29, 0.717) is 11.0 Å². The zero-order chi connectivity index (χ0) is 11.9. The van der Waals surface area contributed by atoms with Crippen LogP contribution in [0.15, 0.2) is 18.2 Å². The van der Waals surface area contributed by atoms with Gasteiger partial charge in [0.25, 0.3) is 0 Å². The third-order valence-corrected chi connectivity index (χ3v) is 2.61. The Balaban J connectivity index is 2.69. The second-order valence-electron chi connectivity index (χ2n) is 3.67. The lowest BCUT2D eigenvalue weighted by Crippen LogP contribution is -2.12. The molecule has 0 radical (unpaired) electrons. The van der Waals surface area contributed by atoms with E-state index in [9.17, 15) is 13.2 Å². The smallest absolute Gasteiger partial charge is 0.323 e. The van der Waals surface area contributed by atoms with Gasteiger partial charge >= 0.3 is 6.18 Å². The Kier molecular flexibility index (Phi) is 2.40. The largest absolute Gasteiger partial charge is 0.449 e. The Bertz CT molecular complexity index is 526. The number of benzene rings is 1. The topological polar surface area (TPSA) is 17.8 Å². The fourth-order valence-electron chi connectivity index (χ4n) is 1.71. The van der Waals surface area contributed by atoms with Crippen LogP contribution in [0.3, 0.4) is 0 Å². The summed E-state index contributed by atoms with van der Waals surface area (Å²) >= 11 is 0. The molecule has 0 saturated heterocycles. The number of nitrogens with zero attached hydrogens (tertiary/aromatic N) is 2. The van der Waals surface area contributed by atoms with E-state index in [1.165, 1.54) is 7.05 Å². The van der Waals surface area contributed by atoms with Crippen molar-refractivity contribution in [3.05, 3.63) is 29.6 Å². The van der Waals surface area contributed by atoms with Crippen LogP contribution in [0.2, 0.25) is 0 Å². The molecule has 1 aromatic carbocycles. The van der Waals surface area contributed by atoms with Crippen LogP contribution in [-0.2, 0) is 19.6 Å². The lowest BCUT2D eigenvalue weighted by molar-refractivity contribution is -0.146. The van der Waals surface area contributed by atoms with E-state index in [2.05, 4.69) is 4.98 Å². The molecule has 0 aliphatic heterocycles. The Hall–Kier alpha value is -1.52. The van der Waals surface area contributed by atoms with E-state index >= 15 is 0 Å². The summed E-state index contributed by atoms with van der Waals surface area (Å²) in [4.78, 5) is 3.60. The molecule has 0 unspecified atom stereocenters. The molecule has 86 valence electrons. The third-order valence-electron chi connectivity index (χ3n) is 2.61. The maximum absolute atomic E-state index is 12.6. The first kappa shape index (κ1) is 11.0. The molecule has 0 aliphatic carbocycles. The van der Waals surface area contributed by atoms with Crippen LogP contribution in [0.1, 0.15) is 18.3 Å². The zero-order valence-corrected chi connectivity index (χ0v) is 8.97. The van der Waals surface area contributed by atoms with Crippen molar-refractivity contribution >= 4 is 11.0 Å². The first-order valence-electron chi connectivity index (χ1n) is 4.96. The van der Waals surface area contributed by atoms with E-state index in [0.717, 1.165) is 16.6 Å². The normalized spacial score (nSPS) is 12.3. The lowest BCUT2D eigenvalue weighted by atomic mass is 10.1. The monoisotopic (exact) mass is 228 g/mol. The first-order chi connectivity index (χ1) is 7.43. The van der Waals surface area contributed by atoms with Crippen molar-refractivity contribution in [2.24, 2.45) is 7.05 Å². The fraction of sp³-hybridized carbons (Fsp3) is 0.364. The summed E-state index contributed by atoms with van der Waals surface area (Å²) in [5, 5.41) is 0. The summed E-state index contributed by atoms with van der Waals surface area (Å²) < 4.78 is 38.8. The molecule has 0 fully saturated rings. The van der Waals surface area contributed by atoms with Gasteiger partial charge in [0.1, 0.15) is 0 Å². The summed E-state index contributed by atoms with van der Waals surface area (Å²) in [5.74, 6) is -0.851. The van der Waals surface area contributed by atoms with Crippen molar-refractivity contribution in [3.63, 3.8) is 0 Å². The fourth-order valence-corrected chi connectivity index (χ4v) is 1.71. The molecular weight excluding hydrogens is 217 g/mol. The van der Waals surface area contributed by atoms with E-state index in [1.807, 2.05) is 6.92 Å². The van der Waals surface area contributed by atoms with Gasteiger partial charge in [-0.1, -0.05) is 13.0 Å². The molecule has 0 amide bonds. The van der Waals surface area contributed by atoms with E-state index in [1.54, 1.807) is 18.2 Å². The minimum absolute atomic E-state index is 0.382. The van der Waals surface area contributed by atoms with Crippen LogP contribution in [0.5, 0.6) is 0 Å². The number of alkyl halides is 3. The van der Waals surface area contributed by atoms with Crippen molar-refractivity contribution in [1.29, 1.82) is 0 Å². The van der Waals surface area contributed by atoms with Crippen LogP contribution in [0.25, 0.3) is 11.0 Å². The highest BCUT2D eigenvalue weighted by Crippen LogP contribution is 2.30. The van der Waals surface area contributed by atoms with Crippen molar-refractivity contribution in [1.82, 2.24) is 9.55 Å². The molecule has 5 heteroatoms. The molecule has 0 N–H and O–H groups in total. The average molecular weight is 228 g/mol. The Labute approximate surface area is 90.7 Å². The standard InChI is InChI=1S/C11H11F3N2/c1-3-7-4-5-8-9(6-7)16(2)10(15-8)11(12,13)14/h4-6H,3H2,1-2H3. The molecule has 0 saturated carbocycles. The van der Waals surface area contributed by atoms with Gasteiger partial charge in [0.15, 0.2) is 0 Å². The summed E-state index contributed by atoms with van der Waals surface area (Å²) in [5.41, 5.74) is 1.91. The van der Waals surface area contributed by atoms with Gasteiger partial charge in [-0.05, 0) is 24.1 Å². The van der Waals surface area contributed by atoms with Gasteiger partial charge in [0.2, 0.25) is 5.82 Å². The molecule has 0 atom stereocenters. The minimum Gasteiger partial charge on any atom is -0.323 e. The summed E-state index contributed by atoms with van der Waals surface area (Å²) in [6.45, 7) is 1.96. The van der Waals surface area contributed by atoms with Crippen molar-refractivity contribution in [2.45, 2.75) is 19.5 Å². The number of hydrogen-bond acceptors (Lipinski definition) is 1. The van der Waals surface area contributed by atoms with Crippen molar-refractivity contribution < 1.29 is 13.2 Å². The van der Waals surface area contributed by atoms with Gasteiger partial charge in [-0.3, -0.25) is 0 Å². The average Bonchev–Trinajstić information content (AvgIpc) is 2.55. The number of fused-ring (bicyclic) bond motifs is 1. The van der Waals surface area contributed by atoms with Gasteiger partial charge in [-0.2, -0.15) is 13.2 Å². The van der Waals surface area contributed by atoms with Crippen LogP contribution in [0, 0.1) is 0 Å². The SMILES string of the molecule is CCc1ccc2nc(C(F)(F)F)n(C)c2c1. The number of aryl methyl sites for hydroxylation is 2. The van der Waals surface area contributed by atoms with Gasteiger partial charge in [0, 0.05) is 7.05 Å². The van der Waals surface area contributed by atoms with Crippen LogP contribution < -0.4 is 0 Å². The molecule has 0 aliphatic rings. The second kappa shape index (κ2) is 3.50. The van der Waals surface area contributed by atoms with Crippen LogP contribution in [0.4, 0.5) is 13.2 Å². The van der Waals surface area contributed by atoms with E-state index in [4.69, 9.17) is 0 Å². The number of halogens is 3. The predicted octanol–water partition coefficient (Wildman–Crippen LogP) is 3.15. The highest BCUT2D eigenvalue weighted by molar-refractivity contribution is 5.77. The van der Waals surface area contributed by atoms with E-state index < -0.39 is 12.0 Å². The molecule has 1 aromatic heterocycles. The molecule has 0 spiro atoms. The summed E-state index contributed by atoms with van der Waals surface area (Å²) in [6.07, 6.45) is -3.61. The molecule has 0 bridgehead atoms. The quantitative estimate of drug-likeness (QED) is 0.733. The maximum atomic E-state index is 12.6. The number of aromatic nitrogens is 2. The van der Waals surface area contributed by atoms with Gasteiger partial charge in [-0.25, -0.2) is 4.98 Å². The number of hydrogen-bond donors (Lipinski definition) is 0. The molecular formula is C11H11F3N2. The third kappa shape index (κ3) is 1.66. The van der Waals surface area contributed by atoms with Gasteiger partial charge in [-0.15, -0.1) is 0 Å². The highest BCUT2D eigenvalue weighted by Gasteiger charge is 2.36. The molecule has 1 heterocycles. The molecule has 2 aromatic rings. The Morgan fingerprint density at radius 3 is 2.56 bits per heavy atom. The van der Waals surface area contributed by atoms with Crippen LogP contribution in [-0.4, -0.2) is 9.55 Å². The lowest BCUT2D eigenvalue weighted by Gasteiger charge is -2.05. The molecule has 2 rings (SSSR count). The molecule has 16 heavy (non-hydrogen) atoms. The minimum atomic E-state index is -4.40. The van der Waals surface area contributed by atoms with Crippen molar-refractivity contribution in [3.8, 4) is 0 Å². The van der Waals surface area contributed by atoms with Crippen molar-refractivity contribution in [2.75, 3.05) is 0 Å². The van der Waals surface area contributed by atoms with Gasteiger partial charge in [0.05, 0.1) is 11.0 Å². The number of imidazole rings is 1. The predicted molar refractivity (Wildman–Crippen MR) is 55.1 cm³/mol. The second-order valence-corrected chi connectivity index (χ2v) is 3.67. The first-order valence-corrected chi connectivity index (χ1v) is 4.96. The Morgan fingerprint density at radius 2 is 2.00 bits per heavy atom. The molecule has 2 nitrogen and oxygen atoms in total. The van der Waals surface area contributed by atoms with Crippen LogP contribution >= 0.6 is 0 Å². The summed E-state index contributed by atoms with van der Waals surface area (Å²) in [7, 11) is 1.39. The summed E-state index contributed by atoms with van der Waals surface area (Å²) in [6, 6.07) is 5.18. The van der Waals surface area contributed by atoms with E-state index in [-0.39, 0.29) is 0 Å². The zero-order valence-electron chi connectivity index (χ0n) is 8.97.